The molecule has 1 aliphatic rings. The molecule has 3 aromatic carbocycles. The minimum absolute atomic E-state index is 0.0956. The second-order valence-corrected chi connectivity index (χ2v) is 9.73. The maximum Gasteiger partial charge on any atom is 0.264 e. The van der Waals surface area contributed by atoms with Crippen molar-refractivity contribution in [2.24, 2.45) is 0 Å². The van der Waals surface area contributed by atoms with Crippen LogP contribution in [0.4, 0.5) is 5.69 Å². The Morgan fingerprint density at radius 3 is 2.62 bits per heavy atom. The van der Waals surface area contributed by atoms with Gasteiger partial charge < -0.3 is 9.73 Å². The molecule has 5 rings (SSSR count). The third kappa shape index (κ3) is 3.54. The lowest BCUT2D eigenvalue weighted by Crippen LogP contribution is -2.30. The average molecular weight is 447 g/mol. The van der Waals surface area contributed by atoms with E-state index in [-0.39, 0.29) is 22.4 Å². The number of sulfonamides is 1. The largest absolute Gasteiger partial charge is 0.459 e. The SMILES string of the molecule is C[C@@H](NC(=O)c1cccc(S(=O)(=O)N2CCc3ccccc32)c1)c1cc2ccccc2o1. The van der Waals surface area contributed by atoms with Crippen LogP contribution in [-0.4, -0.2) is 20.9 Å². The second kappa shape index (κ2) is 7.84. The van der Waals surface area contributed by atoms with Gasteiger partial charge in [-0.1, -0.05) is 42.5 Å². The number of carbonyl (C=O) groups is 1. The molecule has 0 saturated carbocycles. The first-order valence-electron chi connectivity index (χ1n) is 10.4. The van der Waals surface area contributed by atoms with E-state index >= 15 is 0 Å². The number of carbonyl (C=O) groups excluding carboxylic acids is 1. The fraction of sp³-hybridized carbons (Fsp3) is 0.160. The zero-order valence-electron chi connectivity index (χ0n) is 17.5. The summed E-state index contributed by atoms with van der Waals surface area (Å²) in [6.07, 6.45) is 0.671. The number of furan rings is 1. The van der Waals surface area contributed by atoms with Crippen molar-refractivity contribution < 1.29 is 17.6 Å². The van der Waals surface area contributed by atoms with Crippen molar-refractivity contribution in [2.75, 3.05) is 10.8 Å². The molecule has 0 aliphatic carbocycles. The number of benzene rings is 3. The molecule has 0 unspecified atom stereocenters. The molecule has 1 aliphatic heterocycles. The molecule has 1 aromatic heterocycles. The Morgan fingerprint density at radius 2 is 1.78 bits per heavy atom. The molecular weight excluding hydrogens is 424 g/mol. The highest BCUT2D eigenvalue weighted by atomic mass is 32.2. The van der Waals surface area contributed by atoms with Crippen LogP contribution < -0.4 is 9.62 Å². The Kier molecular flexibility index (Phi) is 4.98. The first-order chi connectivity index (χ1) is 15.4. The van der Waals surface area contributed by atoms with Crippen LogP contribution >= 0.6 is 0 Å². The minimum atomic E-state index is -3.77. The number of rotatable bonds is 5. The summed E-state index contributed by atoms with van der Waals surface area (Å²) < 4.78 is 33.8. The smallest absolute Gasteiger partial charge is 0.264 e. The lowest BCUT2D eigenvalue weighted by Gasteiger charge is -2.20. The molecule has 32 heavy (non-hydrogen) atoms. The molecule has 0 radical (unpaired) electrons. The number of fused-ring (bicyclic) bond motifs is 2. The van der Waals surface area contributed by atoms with E-state index < -0.39 is 10.0 Å². The maximum atomic E-state index is 13.3. The molecule has 0 spiro atoms. The number of anilines is 1. The second-order valence-electron chi connectivity index (χ2n) is 7.87. The quantitative estimate of drug-likeness (QED) is 0.483. The molecule has 7 heteroatoms. The predicted molar refractivity (Wildman–Crippen MR) is 123 cm³/mol. The van der Waals surface area contributed by atoms with Crippen molar-refractivity contribution in [1.29, 1.82) is 0 Å². The van der Waals surface area contributed by atoms with Gasteiger partial charge in [0.05, 0.1) is 16.6 Å². The molecule has 4 aromatic rings. The number of nitrogens with one attached hydrogen (secondary N) is 1. The van der Waals surface area contributed by atoms with Crippen LogP contribution in [0.15, 0.2) is 88.2 Å². The molecule has 1 atom stereocenters. The minimum Gasteiger partial charge on any atom is -0.459 e. The summed E-state index contributed by atoms with van der Waals surface area (Å²) in [4.78, 5) is 13.0. The van der Waals surface area contributed by atoms with E-state index in [2.05, 4.69) is 5.32 Å². The number of nitrogens with zero attached hydrogens (tertiary/aromatic N) is 1. The highest BCUT2D eigenvalue weighted by molar-refractivity contribution is 7.92. The lowest BCUT2D eigenvalue weighted by molar-refractivity contribution is 0.0935. The number of hydrogen-bond donors (Lipinski definition) is 1. The molecule has 6 nitrogen and oxygen atoms in total. The standard InChI is InChI=1S/C25H22N2O4S/c1-17(24-16-19-8-3-5-12-23(19)31-24)26-25(28)20-9-6-10-21(15-20)32(29,30)27-14-13-18-7-2-4-11-22(18)27/h2-12,15-17H,13-14H2,1H3,(H,26,28)/t17-/m1/s1. The summed E-state index contributed by atoms with van der Waals surface area (Å²) in [7, 11) is -3.77. The molecular formula is C25H22N2O4S. The summed E-state index contributed by atoms with van der Waals surface area (Å²) in [6.45, 7) is 2.22. The molecule has 0 fully saturated rings. The van der Waals surface area contributed by atoms with Gasteiger partial charge in [-0.05, 0) is 55.3 Å². The fourth-order valence-electron chi connectivity index (χ4n) is 4.05. The highest BCUT2D eigenvalue weighted by Gasteiger charge is 2.31. The summed E-state index contributed by atoms with van der Waals surface area (Å²) in [5, 5.41) is 3.86. The first-order valence-corrected chi connectivity index (χ1v) is 11.9. The van der Waals surface area contributed by atoms with Gasteiger partial charge in [-0.25, -0.2) is 8.42 Å². The van der Waals surface area contributed by atoms with Crippen LogP contribution in [-0.2, 0) is 16.4 Å². The summed E-state index contributed by atoms with van der Waals surface area (Å²) in [5.41, 5.74) is 2.73. The van der Waals surface area contributed by atoms with Crippen LogP contribution in [0.1, 0.15) is 34.6 Å². The molecule has 0 saturated heterocycles. The fourth-order valence-corrected chi connectivity index (χ4v) is 5.60. The molecule has 2 heterocycles. The van der Waals surface area contributed by atoms with Gasteiger partial charge in [0.2, 0.25) is 0 Å². The Labute approximate surface area is 186 Å². The van der Waals surface area contributed by atoms with E-state index in [0.29, 0.717) is 24.4 Å². The Bertz CT molecular complexity index is 1390. The van der Waals surface area contributed by atoms with Crippen molar-refractivity contribution in [2.45, 2.75) is 24.3 Å². The van der Waals surface area contributed by atoms with E-state index in [1.54, 1.807) is 12.1 Å². The monoisotopic (exact) mass is 446 g/mol. The van der Waals surface area contributed by atoms with E-state index in [1.165, 1.54) is 16.4 Å². The van der Waals surface area contributed by atoms with Gasteiger partial charge in [0, 0.05) is 17.5 Å². The van der Waals surface area contributed by atoms with Gasteiger partial charge in [-0.2, -0.15) is 0 Å². The van der Waals surface area contributed by atoms with Crippen molar-refractivity contribution in [3.63, 3.8) is 0 Å². The van der Waals surface area contributed by atoms with Gasteiger partial charge in [-0.3, -0.25) is 9.10 Å². The first kappa shape index (κ1) is 20.3. The maximum absolute atomic E-state index is 13.3. The van der Waals surface area contributed by atoms with Crippen LogP contribution in [0.3, 0.4) is 0 Å². The Balaban J connectivity index is 1.38. The van der Waals surface area contributed by atoms with E-state index in [9.17, 15) is 13.2 Å². The zero-order chi connectivity index (χ0) is 22.3. The van der Waals surface area contributed by atoms with Crippen LogP contribution in [0.5, 0.6) is 0 Å². The normalized spacial score (nSPS) is 14.3. The third-order valence-electron chi connectivity index (χ3n) is 5.75. The van der Waals surface area contributed by atoms with E-state index in [0.717, 1.165) is 16.5 Å². The van der Waals surface area contributed by atoms with E-state index in [4.69, 9.17) is 4.42 Å². The van der Waals surface area contributed by atoms with Crippen LogP contribution in [0.2, 0.25) is 0 Å². The molecule has 0 bridgehead atoms. The topological polar surface area (TPSA) is 79.6 Å². The zero-order valence-corrected chi connectivity index (χ0v) is 18.3. The van der Waals surface area contributed by atoms with Crippen molar-refractivity contribution in [3.05, 3.63) is 95.7 Å². The molecule has 162 valence electrons. The van der Waals surface area contributed by atoms with Crippen molar-refractivity contribution in [1.82, 2.24) is 5.32 Å². The molecule has 1 N–H and O–H groups in total. The summed E-state index contributed by atoms with van der Waals surface area (Å²) >= 11 is 0. The van der Waals surface area contributed by atoms with Gasteiger partial charge in [0.15, 0.2) is 0 Å². The summed E-state index contributed by atoms with van der Waals surface area (Å²) in [5.74, 6) is 0.272. The average Bonchev–Trinajstić information content (AvgIpc) is 3.44. The Morgan fingerprint density at radius 1 is 1.00 bits per heavy atom. The van der Waals surface area contributed by atoms with E-state index in [1.807, 2.05) is 61.5 Å². The van der Waals surface area contributed by atoms with Gasteiger partial charge in [-0.15, -0.1) is 0 Å². The highest BCUT2D eigenvalue weighted by Crippen LogP contribution is 2.33. The number of amides is 1. The number of hydrogen-bond acceptors (Lipinski definition) is 4. The van der Waals surface area contributed by atoms with Crippen molar-refractivity contribution >= 4 is 32.6 Å². The predicted octanol–water partition coefficient (Wildman–Crippen LogP) is 4.68. The lowest BCUT2D eigenvalue weighted by atomic mass is 10.1. The van der Waals surface area contributed by atoms with Gasteiger partial charge in [0.1, 0.15) is 11.3 Å². The van der Waals surface area contributed by atoms with Gasteiger partial charge in [0.25, 0.3) is 15.9 Å². The summed E-state index contributed by atoms with van der Waals surface area (Å²) in [6, 6.07) is 22.8. The van der Waals surface area contributed by atoms with Crippen LogP contribution in [0, 0.1) is 0 Å². The third-order valence-corrected chi connectivity index (χ3v) is 7.56. The Hall–Kier alpha value is -3.58. The number of para-hydroxylation sites is 2. The van der Waals surface area contributed by atoms with Crippen LogP contribution in [0.25, 0.3) is 11.0 Å². The van der Waals surface area contributed by atoms with Gasteiger partial charge >= 0.3 is 0 Å². The van der Waals surface area contributed by atoms with Crippen molar-refractivity contribution in [3.8, 4) is 0 Å². The molecule has 1 amide bonds.